The van der Waals surface area contributed by atoms with Crippen LogP contribution < -0.4 is 11.1 Å². The van der Waals surface area contributed by atoms with Crippen LogP contribution in [0.1, 0.15) is 16.1 Å². The van der Waals surface area contributed by atoms with Crippen LogP contribution in [0.2, 0.25) is 0 Å². The van der Waals surface area contributed by atoms with Gasteiger partial charge in [0, 0.05) is 16.6 Å². The third-order valence-electron chi connectivity index (χ3n) is 2.84. The van der Waals surface area contributed by atoms with Crippen molar-refractivity contribution in [3.05, 3.63) is 41.8 Å². The number of carbonyl (C=O) groups is 1. The topological polar surface area (TPSA) is 64.3 Å². The van der Waals surface area contributed by atoms with Crippen molar-refractivity contribution in [1.82, 2.24) is 5.32 Å². The van der Waals surface area contributed by atoms with E-state index < -0.39 is 0 Å². The molecule has 0 saturated heterocycles. The summed E-state index contributed by atoms with van der Waals surface area (Å²) in [5.41, 5.74) is 6.57. The molecule has 0 fully saturated rings. The van der Waals surface area contributed by atoms with Crippen molar-refractivity contribution in [3.8, 4) is 0 Å². The summed E-state index contributed by atoms with van der Waals surface area (Å²) >= 11 is 1.41. The molecule has 0 aliphatic heterocycles. The number of ether oxygens (including phenoxy) is 1. The summed E-state index contributed by atoms with van der Waals surface area (Å²) in [5, 5.41) is 3.75. The van der Waals surface area contributed by atoms with Crippen LogP contribution in [0.25, 0.3) is 10.1 Å². The smallest absolute Gasteiger partial charge is 0.263 e. The third-order valence-corrected chi connectivity index (χ3v) is 4.02. The molecule has 1 aromatic heterocycles. The molecule has 1 amide bonds. The Morgan fingerprint density at radius 1 is 1.40 bits per heavy atom. The molecule has 0 unspecified atom stereocenters. The van der Waals surface area contributed by atoms with E-state index in [1.165, 1.54) is 11.3 Å². The summed E-state index contributed by atoms with van der Waals surface area (Å²) in [5.74, 6) is -0.143. The Kier molecular flexibility index (Phi) is 5.15. The molecule has 4 nitrogen and oxygen atoms in total. The van der Waals surface area contributed by atoms with Crippen LogP contribution in [-0.4, -0.2) is 25.7 Å². The van der Waals surface area contributed by atoms with E-state index in [1.807, 2.05) is 24.3 Å². The van der Waals surface area contributed by atoms with Gasteiger partial charge in [-0.1, -0.05) is 24.3 Å². The normalized spacial score (nSPS) is 10.6. The summed E-state index contributed by atoms with van der Waals surface area (Å²) in [6.07, 6.45) is 2.62. The molecule has 1 heterocycles. The van der Waals surface area contributed by atoms with Crippen LogP contribution in [0.15, 0.2) is 36.9 Å². The number of benzene rings is 1. The number of thiophene rings is 1. The molecule has 0 aliphatic rings. The molecular weight excluding hydrogens is 272 g/mol. The molecule has 1 aromatic carbocycles. The predicted molar refractivity (Wildman–Crippen MR) is 84.2 cm³/mol. The lowest BCUT2D eigenvalue weighted by Crippen LogP contribution is -2.27. The molecule has 2 aromatic rings. The molecule has 0 spiro atoms. The van der Waals surface area contributed by atoms with E-state index in [-0.39, 0.29) is 5.91 Å². The lowest BCUT2D eigenvalue weighted by molar-refractivity contribution is 0.0922. The SMILES string of the molecule is C=CCCOCCNC(=O)c1sc2ccccc2c1N. The third kappa shape index (κ3) is 3.37. The fraction of sp³-hybridized carbons (Fsp3) is 0.267. The Labute approximate surface area is 122 Å². The zero-order valence-corrected chi connectivity index (χ0v) is 12.0. The summed E-state index contributed by atoms with van der Waals surface area (Å²) < 4.78 is 6.36. The molecule has 2 rings (SSSR count). The highest BCUT2D eigenvalue weighted by Crippen LogP contribution is 2.33. The van der Waals surface area contributed by atoms with Gasteiger partial charge >= 0.3 is 0 Å². The first-order chi connectivity index (χ1) is 9.74. The second-order valence-corrected chi connectivity index (χ2v) is 5.34. The van der Waals surface area contributed by atoms with Crippen molar-refractivity contribution in [2.24, 2.45) is 0 Å². The first-order valence-corrected chi connectivity index (χ1v) is 7.29. The average Bonchev–Trinajstić information content (AvgIpc) is 2.80. The van der Waals surface area contributed by atoms with E-state index in [1.54, 1.807) is 6.08 Å². The van der Waals surface area contributed by atoms with E-state index in [0.717, 1.165) is 16.5 Å². The van der Waals surface area contributed by atoms with Crippen LogP contribution in [0.5, 0.6) is 0 Å². The second-order valence-electron chi connectivity index (χ2n) is 4.29. The number of nitrogen functional groups attached to an aromatic ring is 1. The first kappa shape index (κ1) is 14.6. The average molecular weight is 290 g/mol. The minimum absolute atomic E-state index is 0.143. The standard InChI is InChI=1S/C15H18N2O2S/c1-2-3-9-19-10-8-17-15(18)14-13(16)11-6-4-5-7-12(11)20-14/h2,4-7H,1,3,8-10,16H2,(H,17,18). The maximum absolute atomic E-state index is 12.1. The Morgan fingerprint density at radius 3 is 2.95 bits per heavy atom. The van der Waals surface area contributed by atoms with E-state index >= 15 is 0 Å². The maximum Gasteiger partial charge on any atom is 0.263 e. The van der Waals surface area contributed by atoms with Crippen molar-refractivity contribution in [3.63, 3.8) is 0 Å². The molecule has 106 valence electrons. The van der Waals surface area contributed by atoms with Gasteiger partial charge in [0.1, 0.15) is 4.88 Å². The van der Waals surface area contributed by atoms with Crippen molar-refractivity contribution in [1.29, 1.82) is 0 Å². The largest absolute Gasteiger partial charge is 0.397 e. The van der Waals surface area contributed by atoms with E-state index in [9.17, 15) is 4.79 Å². The van der Waals surface area contributed by atoms with Gasteiger partial charge in [-0.3, -0.25) is 4.79 Å². The number of hydrogen-bond acceptors (Lipinski definition) is 4. The molecule has 0 bridgehead atoms. The lowest BCUT2D eigenvalue weighted by Gasteiger charge is -2.05. The van der Waals surface area contributed by atoms with Gasteiger partial charge < -0.3 is 15.8 Å². The van der Waals surface area contributed by atoms with Gasteiger partial charge in [0.05, 0.1) is 18.9 Å². The first-order valence-electron chi connectivity index (χ1n) is 6.48. The van der Waals surface area contributed by atoms with Gasteiger partial charge in [-0.25, -0.2) is 0 Å². The van der Waals surface area contributed by atoms with Gasteiger partial charge in [0.25, 0.3) is 5.91 Å². The molecule has 0 aliphatic carbocycles. The molecule has 5 heteroatoms. The highest BCUT2D eigenvalue weighted by atomic mass is 32.1. The van der Waals surface area contributed by atoms with Gasteiger partial charge in [-0.15, -0.1) is 17.9 Å². The van der Waals surface area contributed by atoms with Crippen LogP contribution in [0, 0.1) is 0 Å². The molecule has 0 saturated carbocycles. The number of rotatable bonds is 7. The molecule has 0 radical (unpaired) electrons. The number of anilines is 1. The highest BCUT2D eigenvalue weighted by Gasteiger charge is 2.15. The maximum atomic E-state index is 12.1. The fourth-order valence-corrected chi connectivity index (χ4v) is 2.86. The fourth-order valence-electron chi connectivity index (χ4n) is 1.82. The summed E-state index contributed by atoms with van der Waals surface area (Å²) in [6.45, 7) is 5.21. The Bertz CT molecular complexity index is 607. The van der Waals surface area contributed by atoms with Crippen LogP contribution in [-0.2, 0) is 4.74 Å². The van der Waals surface area contributed by atoms with E-state index in [4.69, 9.17) is 10.5 Å². The zero-order valence-electron chi connectivity index (χ0n) is 11.2. The van der Waals surface area contributed by atoms with Gasteiger partial charge in [0.15, 0.2) is 0 Å². The number of hydrogen-bond donors (Lipinski definition) is 2. The van der Waals surface area contributed by atoms with Gasteiger partial charge in [-0.2, -0.15) is 0 Å². The van der Waals surface area contributed by atoms with Crippen molar-refractivity contribution < 1.29 is 9.53 Å². The van der Waals surface area contributed by atoms with Crippen LogP contribution >= 0.6 is 11.3 Å². The molecule has 0 atom stereocenters. The van der Waals surface area contributed by atoms with Gasteiger partial charge in [-0.05, 0) is 12.5 Å². The Hall–Kier alpha value is -1.85. The Balaban J connectivity index is 1.91. The Morgan fingerprint density at radius 2 is 2.20 bits per heavy atom. The highest BCUT2D eigenvalue weighted by molar-refractivity contribution is 7.21. The minimum atomic E-state index is -0.143. The van der Waals surface area contributed by atoms with Crippen LogP contribution in [0.3, 0.4) is 0 Å². The van der Waals surface area contributed by atoms with E-state index in [0.29, 0.717) is 30.3 Å². The van der Waals surface area contributed by atoms with Crippen molar-refractivity contribution >= 4 is 33.0 Å². The van der Waals surface area contributed by atoms with Crippen molar-refractivity contribution in [2.45, 2.75) is 6.42 Å². The molecule has 20 heavy (non-hydrogen) atoms. The van der Waals surface area contributed by atoms with Crippen molar-refractivity contribution in [2.75, 3.05) is 25.5 Å². The van der Waals surface area contributed by atoms with Gasteiger partial charge in [0.2, 0.25) is 0 Å². The summed E-state index contributed by atoms with van der Waals surface area (Å²) in [6, 6.07) is 7.75. The molecular formula is C15H18N2O2S. The predicted octanol–water partition coefficient (Wildman–Crippen LogP) is 2.81. The second kappa shape index (κ2) is 7.07. The number of carbonyl (C=O) groups excluding carboxylic acids is 1. The summed E-state index contributed by atoms with van der Waals surface area (Å²) in [7, 11) is 0. The monoisotopic (exact) mass is 290 g/mol. The molecule has 3 N–H and O–H groups in total. The lowest BCUT2D eigenvalue weighted by atomic mass is 10.2. The summed E-state index contributed by atoms with van der Waals surface area (Å²) in [4.78, 5) is 12.6. The number of nitrogens with two attached hydrogens (primary N) is 1. The number of nitrogens with one attached hydrogen (secondary N) is 1. The van der Waals surface area contributed by atoms with Crippen LogP contribution in [0.4, 0.5) is 5.69 Å². The number of amides is 1. The number of fused-ring (bicyclic) bond motifs is 1. The zero-order chi connectivity index (χ0) is 14.4. The minimum Gasteiger partial charge on any atom is -0.397 e. The quantitative estimate of drug-likeness (QED) is 0.609. The van der Waals surface area contributed by atoms with E-state index in [2.05, 4.69) is 11.9 Å².